The average molecular weight is 732 g/mol. The predicted molar refractivity (Wildman–Crippen MR) is 233 cm³/mol. The first-order chi connectivity index (χ1) is 28.2. The van der Waals surface area contributed by atoms with E-state index < -0.39 is 0 Å². The number of aromatic nitrogens is 1. The van der Waals surface area contributed by atoms with Crippen LogP contribution in [-0.2, 0) is 0 Å². The Kier molecular flexibility index (Phi) is 6.89. The molecule has 11 aromatic rings. The Labute approximate surface area is 326 Å². The first-order valence-electron chi connectivity index (χ1n) is 19.1. The van der Waals surface area contributed by atoms with Crippen LogP contribution >= 0.6 is 0 Å². The van der Waals surface area contributed by atoms with Gasteiger partial charge in [-0.2, -0.15) is 0 Å². The van der Waals surface area contributed by atoms with Crippen LogP contribution in [-0.4, -0.2) is 16.2 Å². The van der Waals surface area contributed by atoms with E-state index in [2.05, 4.69) is 126 Å². The Hall–Kier alpha value is -7.70. The van der Waals surface area contributed by atoms with Gasteiger partial charge in [0.05, 0.1) is 28.4 Å². The van der Waals surface area contributed by atoms with Crippen molar-refractivity contribution in [1.82, 2.24) is 4.57 Å². The van der Waals surface area contributed by atoms with Crippen molar-refractivity contribution < 1.29 is 8.83 Å². The summed E-state index contributed by atoms with van der Waals surface area (Å²) >= 11 is 0. The molecule has 1 aliphatic heterocycles. The average Bonchev–Trinajstić information content (AvgIpc) is 3.96. The zero-order chi connectivity index (χ0) is 37.5. The molecule has 12 rings (SSSR count). The molecule has 57 heavy (non-hydrogen) atoms. The van der Waals surface area contributed by atoms with Gasteiger partial charge in [0.25, 0.3) is 0 Å². The highest BCUT2D eigenvalue weighted by atomic mass is 16.3. The number of para-hydroxylation sites is 2. The fraction of sp³-hybridized carbons (Fsp3) is 0.0196. The Morgan fingerprint density at radius 2 is 1.07 bits per heavy atom. The zero-order valence-corrected chi connectivity index (χ0v) is 30.5. The minimum atomic E-state index is -0.389. The van der Waals surface area contributed by atoms with Crippen LogP contribution < -0.4 is 0 Å². The molecule has 0 spiro atoms. The van der Waals surface area contributed by atoms with Gasteiger partial charge in [0, 0.05) is 32.6 Å². The number of benzene rings is 8. The number of nitrogens with zero attached hydrogens (tertiary/aromatic N) is 4. The van der Waals surface area contributed by atoms with Crippen molar-refractivity contribution in [2.24, 2.45) is 9.98 Å². The highest BCUT2D eigenvalue weighted by Crippen LogP contribution is 2.42. The van der Waals surface area contributed by atoms with Crippen LogP contribution in [0.15, 0.2) is 201 Å². The fourth-order valence-corrected chi connectivity index (χ4v) is 8.49. The summed E-state index contributed by atoms with van der Waals surface area (Å²) in [4.78, 5) is 10.1. The van der Waals surface area contributed by atoms with Crippen molar-refractivity contribution in [3.8, 4) is 16.8 Å². The van der Waals surface area contributed by atoms with Crippen molar-refractivity contribution >= 4 is 77.4 Å². The minimum absolute atomic E-state index is 0.389. The molecule has 268 valence electrons. The van der Waals surface area contributed by atoms with Crippen LogP contribution in [0.2, 0.25) is 0 Å². The third-order valence-corrected chi connectivity index (χ3v) is 11.2. The molecule has 0 aliphatic carbocycles. The SMILES string of the molecule is c1ccc(C2=NC(c3ccc(-n4c5ccccc5c5ccc6oc7ccc(-c8ccc9oc%10ccccc%10c9c8)cc7c6c54)cc3)=NC(c3ccccc3)[N-]2)cc1. The molecule has 0 fully saturated rings. The highest BCUT2D eigenvalue weighted by Gasteiger charge is 2.20. The monoisotopic (exact) mass is 731 g/mol. The topological polar surface area (TPSA) is 70.0 Å². The molecule has 0 saturated heterocycles. The third-order valence-electron chi connectivity index (χ3n) is 11.2. The summed E-state index contributed by atoms with van der Waals surface area (Å²) in [6.45, 7) is 0. The van der Waals surface area contributed by atoms with Gasteiger partial charge in [0.1, 0.15) is 22.3 Å². The largest absolute Gasteiger partial charge is 0.456 e. The number of rotatable bonds is 5. The molecule has 6 nitrogen and oxygen atoms in total. The Balaban J connectivity index is 1.02. The molecule has 1 atom stereocenters. The lowest BCUT2D eigenvalue weighted by molar-refractivity contribution is 0.668. The molecule has 8 aromatic carbocycles. The number of furan rings is 2. The van der Waals surface area contributed by atoms with Crippen molar-refractivity contribution in [1.29, 1.82) is 0 Å². The summed E-state index contributed by atoms with van der Waals surface area (Å²) in [5, 5.41) is 11.7. The van der Waals surface area contributed by atoms with Crippen LogP contribution in [0.25, 0.3) is 87.8 Å². The minimum Gasteiger partial charge on any atom is -0.456 e. The van der Waals surface area contributed by atoms with Crippen molar-refractivity contribution in [3.63, 3.8) is 0 Å². The lowest BCUT2D eigenvalue weighted by Gasteiger charge is -2.32. The summed E-state index contributed by atoms with van der Waals surface area (Å²) < 4.78 is 15.1. The molecular formula is C51H31N4O2-. The van der Waals surface area contributed by atoms with E-state index in [1.807, 2.05) is 60.7 Å². The lowest BCUT2D eigenvalue weighted by atomic mass is 10.00. The summed E-state index contributed by atoms with van der Waals surface area (Å²) in [6.07, 6.45) is -0.389. The van der Waals surface area contributed by atoms with E-state index in [0.717, 1.165) is 88.4 Å². The van der Waals surface area contributed by atoms with Gasteiger partial charge in [-0.25, -0.2) is 0 Å². The summed E-state index contributed by atoms with van der Waals surface area (Å²) in [6, 6.07) is 63.0. The second kappa shape index (κ2) is 12.4. The second-order valence-electron chi connectivity index (χ2n) is 14.5. The molecule has 1 unspecified atom stereocenters. The van der Waals surface area contributed by atoms with Crippen LogP contribution in [0.4, 0.5) is 0 Å². The van der Waals surface area contributed by atoms with Crippen LogP contribution in [0.1, 0.15) is 22.9 Å². The molecule has 0 saturated carbocycles. The maximum atomic E-state index is 6.58. The van der Waals surface area contributed by atoms with Gasteiger partial charge in [-0.15, -0.1) is 0 Å². The van der Waals surface area contributed by atoms with E-state index in [0.29, 0.717) is 11.7 Å². The van der Waals surface area contributed by atoms with E-state index in [-0.39, 0.29) is 6.17 Å². The first kappa shape index (κ1) is 31.6. The standard InChI is InChI=1S/C51H31N4O2/c1-3-11-31(12-4-1)49-52-50(32-13-5-2-6-14-32)54-51(53-49)33-19-23-36(24-20-33)55-42-17-9-7-15-37(42)39-25-28-46-47(48(39)55)41-30-35(22-27-45(41)57-46)34-21-26-44-40(29-34)38-16-8-10-18-43(38)56-44/h1-30,49H/q-1. The van der Waals surface area contributed by atoms with E-state index >= 15 is 0 Å². The van der Waals surface area contributed by atoms with E-state index in [1.54, 1.807) is 0 Å². The summed E-state index contributed by atoms with van der Waals surface area (Å²) in [7, 11) is 0. The number of aliphatic imine (C=N–C) groups is 2. The number of hydrogen-bond acceptors (Lipinski definition) is 4. The molecule has 4 heterocycles. The Morgan fingerprint density at radius 3 is 1.88 bits per heavy atom. The fourth-order valence-electron chi connectivity index (χ4n) is 8.49. The normalized spacial score (nSPS) is 14.5. The maximum Gasteiger partial charge on any atom is 0.137 e. The third kappa shape index (κ3) is 5.04. The number of amidine groups is 2. The molecule has 0 N–H and O–H groups in total. The van der Waals surface area contributed by atoms with Gasteiger partial charge >= 0.3 is 0 Å². The molecule has 3 aromatic heterocycles. The van der Waals surface area contributed by atoms with Crippen molar-refractivity contribution in [2.75, 3.05) is 0 Å². The smallest absolute Gasteiger partial charge is 0.137 e. The van der Waals surface area contributed by atoms with Crippen molar-refractivity contribution in [2.45, 2.75) is 6.17 Å². The van der Waals surface area contributed by atoms with Gasteiger partial charge in [-0.3, -0.25) is 4.99 Å². The van der Waals surface area contributed by atoms with E-state index in [1.165, 1.54) is 10.8 Å². The maximum absolute atomic E-state index is 6.58. The Bertz CT molecular complexity index is 3430. The van der Waals surface area contributed by atoms with E-state index in [4.69, 9.17) is 24.1 Å². The van der Waals surface area contributed by atoms with Gasteiger partial charge < -0.3 is 23.7 Å². The van der Waals surface area contributed by atoms with E-state index in [9.17, 15) is 0 Å². The number of hydrogen-bond donors (Lipinski definition) is 0. The summed E-state index contributed by atoms with van der Waals surface area (Å²) in [5.41, 5.74) is 11.9. The zero-order valence-electron chi connectivity index (χ0n) is 30.5. The molecule has 0 radical (unpaired) electrons. The molecule has 0 bridgehead atoms. The molecular weight excluding hydrogens is 701 g/mol. The van der Waals surface area contributed by atoms with Gasteiger partial charge in [0.15, 0.2) is 0 Å². The molecule has 0 amide bonds. The van der Waals surface area contributed by atoms with Crippen LogP contribution in [0.5, 0.6) is 0 Å². The van der Waals surface area contributed by atoms with Gasteiger partial charge in [0.2, 0.25) is 0 Å². The highest BCUT2D eigenvalue weighted by molar-refractivity contribution is 6.25. The van der Waals surface area contributed by atoms with Gasteiger partial charge in [-0.1, -0.05) is 127 Å². The number of fused-ring (bicyclic) bond motifs is 10. The quantitative estimate of drug-likeness (QED) is 0.177. The first-order valence-corrected chi connectivity index (χ1v) is 19.1. The van der Waals surface area contributed by atoms with Gasteiger partial charge in [-0.05, 0) is 88.5 Å². The Morgan fingerprint density at radius 1 is 0.456 bits per heavy atom. The summed E-state index contributed by atoms with van der Waals surface area (Å²) in [5.74, 6) is 1.33. The van der Waals surface area contributed by atoms with Crippen LogP contribution in [0, 0.1) is 0 Å². The predicted octanol–water partition coefficient (Wildman–Crippen LogP) is 13.5. The lowest BCUT2D eigenvalue weighted by Crippen LogP contribution is -2.15. The molecule has 1 aliphatic rings. The van der Waals surface area contributed by atoms with Crippen molar-refractivity contribution in [3.05, 3.63) is 204 Å². The van der Waals surface area contributed by atoms with Crippen LogP contribution in [0.3, 0.4) is 0 Å². The second-order valence-corrected chi connectivity index (χ2v) is 14.5. The molecule has 6 heteroatoms.